The molecule has 1 heterocycles. The van der Waals surface area contributed by atoms with E-state index in [4.69, 9.17) is 4.74 Å². The number of carbonyl (C=O) groups excluding carboxylic acids is 2. The van der Waals surface area contributed by atoms with Crippen molar-refractivity contribution in [2.75, 3.05) is 31.7 Å². The summed E-state index contributed by atoms with van der Waals surface area (Å²) in [6, 6.07) is 5.12. The molecule has 1 fully saturated rings. The molecular weight excluding hydrogens is 329 g/mol. The van der Waals surface area contributed by atoms with Crippen molar-refractivity contribution >= 4 is 17.5 Å². The first kappa shape index (κ1) is 18.1. The lowest BCUT2D eigenvalue weighted by Crippen LogP contribution is -2.38. The Morgan fingerprint density at radius 3 is 2.83 bits per heavy atom. The van der Waals surface area contributed by atoms with Gasteiger partial charge in [0.05, 0.1) is 6.61 Å². The molecule has 0 saturated carbocycles. The fourth-order valence-corrected chi connectivity index (χ4v) is 2.43. The third-order valence-electron chi connectivity index (χ3n) is 3.49. The monoisotopic (exact) mass is 346 g/mol. The van der Waals surface area contributed by atoms with Crippen LogP contribution in [0.2, 0.25) is 0 Å². The van der Waals surface area contributed by atoms with E-state index in [1.165, 1.54) is 24.1 Å². The summed E-state index contributed by atoms with van der Waals surface area (Å²) in [4.78, 5) is 25.6. The Kier molecular flexibility index (Phi) is 5.66. The lowest BCUT2D eigenvalue weighted by molar-refractivity contribution is -0.274. The van der Waals surface area contributed by atoms with Crippen LogP contribution in [-0.4, -0.2) is 45.0 Å². The zero-order chi connectivity index (χ0) is 17.7. The topological polar surface area (TPSA) is 67.9 Å². The van der Waals surface area contributed by atoms with Crippen LogP contribution in [-0.2, 0) is 14.3 Å². The first-order chi connectivity index (χ1) is 11.3. The minimum atomic E-state index is -4.81. The molecule has 1 N–H and O–H groups in total. The van der Waals surface area contributed by atoms with Crippen LogP contribution in [0.4, 0.5) is 18.9 Å². The Bertz CT molecular complexity index is 607. The number of amides is 2. The van der Waals surface area contributed by atoms with E-state index in [1.54, 1.807) is 0 Å². The van der Waals surface area contributed by atoms with Crippen LogP contribution in [0.5, 0.6) is 5.75 Å². The normalized spacial score (nSPS) is 17.9. The smallest absolute Gasteiger partial charge is 0.406 e. The number of carbonyl (C=O) groups is 2. The molecule has 0 spiro atoms. The van der Waals surface area contributed by atoms with Gasteiger partial charge in [-0.25, -0.2) is 0 Å². The second-order valence-electron chi connectivity index (χ2n) is 5.16. The van der Waals surface area contributed by atoms with E-state index in [-0.39, 0.29) is 18.8 Å². The molecule has 132 valence electrons. The highest BCUT2D eigenvalue weighted by atomic mass is 19.4. The summed E-state index contributed by atoms with van der Waals surface area (Å²) < 4.78 is 45.5. The van der Waals surface area contributed by atoms with E-state index >= 15 is 0 Å². The second-order valence-corrected chi connectivity index (χ2v) is 5.16. The van der Waals surface area contributed by atoms with E-state index in [2.05, 4.69) is 10.1 Å². The maximum Gasteiger partial charge on any atom is 0.573 e. The number of ether oxygens (including phenoxy) is 2. The van der Waals surface area contributed by atoms with Crippen LogP contribution in [0.3, 0.4) is 0 Å². The number of hydrogen-bond donors (Lipinski definition) is 1. The van der Waals surface area contributed by atoms with Gasteiger partial charge >= 0.3 is 6.36 Å². The van der Waals surface area contributed by atoms with Gasteiger partial charge < -0.3 is 19.7 Å². The highest BCUT2D eigenvalue weighted by Crippen LogP contribution is 2.30. The molecule has 0 bridgehead atoms. The number of rotatable bonds is 6. The van der Waals surface area contributed by atoms with Gasteiger partial charge in [0.2, 0.25) is 11.8 Å². The SMILES string of the molecule is COCCNC(=O)C1CCN(c2cccc(OC(F)(F)F)c2)C1=O. The summed E-state index contributed by atoms with van der Waals surface area (Å²) in [7, 11) is 1.49. The van der Waals surface area contributed by atoms with Crippen LogP contribution in [0, 0.1) is 5.92 Å². The Hall–Kier alpha value is -2.29. The number of nitrogens with one attached hydrogen (secondary N) is 1. The Balaban J connectivity index is 2.04. The lowest BCUT2D eigenvalue weighted by Gasteiger charge is -2.18. The summed E-state index contributed by atoms with van der Waals surface area (Å²) in [6.45, 7) is 0.859. The highest BCUT2D eigenvalue weighted by Gasteiger charge is 2.38. The molecule has 6 nitrogen and oxygen atoms in total. The second kappa shape index (κ2) is 7.52. The van der Waals surface area contributed by atoms with Gasteiger partial charge in [-0.15, -0.1) is 13.2 Å². The van der Waals surface area contributed by atoms with Crippen LogP contribution in [0.15, 0.2) is 24.3 Å². The molecule has 0 aliphatic carbocycles. The molecule has 0 aromatic heterocycles. The third kappa shape index (κ3) is 4.60. The summed E-state index contributed by atoms with van der Waals surface area (Å²) >= 11 is 0. The molecule has 1 aromatic rings. The molecule has 1 atom stereocenters. The minimum absolute atomic E-state index is 0.247. The number of hydrogen-bond acceptors (Lipinski definition) is 4. The number of benzene rings is 1. The van der Waals surface area contributed by atoms with Crippen molar-refractivity contribution in [2.45, 2.75) is 12.8 Å². The maximum absolute atomic E-state index is 12.3. The molecule has 1 unspecified atom stereocenters. The van der Waals surface area contributed by atoms with Crippen molar-refractivity contribution in [1.29, 1.82) is 0 Å². The summed E-state index contributed by atoms with van der Waals surface area (Å²) in [5.74, 6) is -2.13. The van der Waals surface area contributed by atoms with Crippen LogP contribution < -0.4 is 15.0 Å². The number of halogens is 3. The minimum Gasteiger partial charge on any atom is -0.406 e. The van der Waals surface area contributed by atoms with E-state index < -0.39 is 29.8 Å². The van der Waals surface area contributed by atoms with Gasteiger partial charge in [-0.3, -0.25) is 9.59 Å². The standard InChI is InChI=1S/C15H17F3N2O4/c1-23-8-6-19-13(21)12-5-7-20(14(12)22)10-3-2-4-11(9-10)24-15(16,17)18/h2-4,9,12H,5-8H2,1H3,(H,19,21). The van der Waals surface area contributed by atoms with Gasteiger partial charge in [0.1, 0.15) is 11.7 Å². The van der Waals surface area contributed by atoms with Crippen molar-refractivity contribution in [1.82, 2.24) is 5.32 Å². The van der Waals surface area contributed by atoms with Gasteiger partial charge in [0.15, 0.2) is 0 Å². The zero-order valence-corrected chi connectivity index (χ0v) is 12.9. The maximum atomic E-state index is 12.3. The lowest BCUT2D eigenvalue weighted by atomic mass is 10.1. The number of nitrogens with zero attached hydrogens (tertiary/aromatic N) is 1. The molecule has 1 aliphatic rings. The van der Waals surface area contributed by atoms with Crippen LogP contribution in [0.25, 0.3) is 0 Å². The van der Waals surface area contributed by atoms with Gasteiger partial charge in [-0.2, -0.15) is 0 Å². The van der Waals surface area contributed by atoms with E-state index in [0.29, 0.717) is 13.0 Å². The Morgan fingerprint density at radius 1 is 1.42 bits per heavy atom. The number of methoxy groups -OCH3 is 1. The van der Waals surface area contributed by atoms with Crippen molar-refractivity contribution < 1.29 is 32.2 Å². The van der Waals surface area contributed by atoms with Crippen molar-refractivity contribution in [3.63, 3.8) is 0 Å². The van der Waals surface area contributed by atoms with Crippen molar-refractivity contribution in [3.05, 3.63) is 24.3 Å². The quantitative estimate of drug-likeness (QED) is 0.629. The Labute approximate surface area is 136 Å². The number of anilines is 1. The predicted molar refractivity (Wildman–Crippen MR) is 78.5 cm³/mol. The van der Waals surface area contributed by atoms with Crippen molar-refractivity contribution in [2.24, 2.45) is 5.92 Å². The molecule has 0 radical (unpaired) electrons. The molecule has 1 aliphatic heterocycles. The predicted octanol–water partition coefficient (Wildman–Crippen LogP) is 1.70. The number of alkyl halides is 3. The van der Waals surface area contributed by atoms with Gasteiger partial charge in [0, 0.05) is 32.0 Å². The van der Waals surface area contributed by atoms with Crippen molar-refractivity contribution in [3.8, 4) is 5.75 Å². The van der Waals surface area contributed by atoms with E-state index in [0.717, 1.165) is 12.1 Å². The third-order valence-corrected chi connectivity index (χ3v) is 3.49. The van der Waals surface area contributed by atoms with Gasteiger partial charge in [-0.05, 0) is 18.6 Å². The Morgan fingerprint density at radius 2 is 2.17 bits per heavy atom. The molecule has 24 heavy (non-hydrogen) atoms. The zero-order valence-electron chi connectivity index (χ0n) is 12.9. The average Bonchev–Trinajstić information content (AvgIpc) is 2.87. The molecule has 9 heteroatoms. The fraction of sp³-hybridized carbons (Fsp3) is 0.467. The van der Waals surface area contributed by atoms with Gasteiger partial charge in [-0.1, -0.05) is 6.07 Å². The summed E-state index contributed by atoms with van der Waals surface area (Å²) in [6.07, 6.45) is -4.51. The van der Waals surface area contributed by atoms with E-state index in [1.807, 2.05) is 0 Å². The largest absolute Gasteiger partial charge is 0.573 e. The van der Waals surface area contributed by atoms with Crippen LogP contribution >= 0.6 is 0 Å². The summed E-state index contributed by atoms with van der Waals surface area (Å²) in [5, 5.41) is 2.59. The molecule has 1 aromatic carbocycles. The van der Waals surface area contributed by atoms with E-state index in [9.17, 15) is 22.8 Å². The first-order valence-corrected chi connectivity index (χ1v) is 7.25. The molecular formula is C15H17F3N2O4. The molecule has 2 amide bonds. The summed E-state index contributed by atoms with van der Waals surface area (Å²) in [5.41, 5.74) is 0.258. The van der Waals surface area contributed by atoms with Crippen LogP contribution in [0.1, 0.15) is 6.42 Å². The highest BCUT2D eigenvalue weighted by molar-refractivity contribution is 6.09. The fourth-order valence-electron chi connectivity index (χ4n) is 2.43. The average molecular weight is 346 g/mol. The first-order valence-electron chi connectivity index (χ1n) is 7.25. The van der Waals surface area contributed by atoms with Gasteiger partial charge in [0.25, 0.3) is 0 Å². The molecule has 1 saturated heterocycles. The molecule has 2 rings (SSSR count).